The van der Waals surface area contributed by atoms with Crippen molar-refractivity contribution in [1.82, 2.24) is 25.6 Å². The van der Waals surface area contributed by atoms with E-state index < -0.39 is 0 Å². The van der Waals surface area contributed by atoms with Gasteiger partial charge in [-0.2, -0.15) is 0 Å². The first kappa shape index (κ1) is 14.0. The van der Waals surface area contributed by atoms with Crippen molar-refractivity contribution in [1.29, 1.82) is 0 Å². The second kappa shape index (κ2) is 5.28. The number of aromatic nitrogens is 3. The van der Waals surface area contributed by atoms with E-state index in [0.717, 1.165) is 13.1 Å². The van der Waals surface area contributed by atoms with Crippen LogP contribution in [0.2, 0.25) is 0 Å². The summed E-state index contributed by atoms with van der Waals surface area (Å²) < 4.78 is 1.76. The molecule has 1 saturated heterocycles. The van der Waals surface area contributed by atoms with Crippen molar-refractivity contribution in [3.8, 4) is 0 Å². The molecule has 0 bridgehead atoms. The molecular weight excluding hydrogens is 242 g/mol. The van der Waals surface area contributed by atoms with Gasteiger partial charge in [0.15, 0.2) is 5.69 Å². The Balaban J connectivity index is 1.91. The third-order valence-electron chi connectivity index (χ3n) is 4.14. The first-order chi connectivity index (χ1) is 8.90. The lowest BCUT2D eigenvalue weighted by molar-refractivity contribution is 0.0919. The van der Waals surface area contributed by atoms with Gasteiger partial charge in [0.1, 0.15) is 0 Å². The van der Waals surface area contributed by atoms with Crippen LogP contribution in [0.15, 0.2) is 6.20 Å². The van der Waals surface area contributed by atoms with Gasteiger partial charge in [0.25, 0.3) is 5.91 Å². The van der Waals surface area contributed by atoms with Crippen LogP contribution in [0.5, 0.6) is 0 Å². The zero-order valence-electron chi connectivity index (χ0n) is 12.1. The lowest BCUT2D eigenvalue weighted by Gasteiger charge is -2.29. The molecule has 2 N–H and O–H groups in total. The fraction of sp³-hybridized carbons (Fsp3) is 0.769. The first-order valence-electron chi connectivity index (χ1n) is 6.81. The number of carbonyl (C=O) groups is 1. The molecule has 6 heteroatoms. The molecule has 0 radical (unpaired) electrons. The number of hydrogen-bond acceptors (Lipinski definition) is 4. The van der Waals surface area contributed by atoms with E-state index in [2.05, 4.69) is 48.6 Å². The Morgan fingerprint density at radius 1 is 1.58 bits per heavy atom. The van der Waals surface area contributed by atoms with Gasteiger partial charge in [0.2, 0.25) is 0 Å². The van der Waals surface area contributed by atoms with Crippen LogP contribution in [-0.4, -0.2) is 40.5 Å². The zero-order valence-corrected chi connectivity index (χ0v) is 12.1. The molecule has 6 nitrogen and oxygen atoms in total. The summed E-state index contributed by atoms with van der Waals surface area (Å²) in [7, 11) is 0. The lowest BCUT2D eigenvalue weighted by Crippen LogP contribution is -2.43. The minimum Gasteiger partial charge on any atom is -0.350 e. The molecule has 19 heavy (non-hydrogen) atoms. The van der Waals surface area contributed by atoms with Crippen LogP contribution in [0, 0.1) is 11.3 Å². The van der Waals surface area contributed by atoms with Crippen molar-refractivity contribution in [3.63, 3.8) is 0 Å². The Labute approximate surface area is 113 Å². The molecular formula is C13H23N5O. The van der Waals surface area contributed by atoms with Crippen molar-refractivity contribution < 1.29 is 4.79 Å². The molecule has 0 aromatic carbocycles. The molecule has 0 unspecified atom stereocenters. The van der Waals surface area contributed by atoms with Crippen LogP contribution in [0.3, 0.4) is 0 Å². The highest BCUT2D eigenvalue weighted by molar-refractivity contribution is 5.91. The van der Waals surface area contributed by atoms with Crippen LogP contribution in [0.25, 0.3) is 0 Å². The van der Waals surface area contributed by atoms with E-state index in [-0.39, 0.29) is 11.3 Å². The average molecular weight is 265 g/mol. The van der Waals surface area contributed by atoms with Crippen LogP contribution in [0.4, 0.5) is 0 Å². The number of carbonyl (C=O) groups excluding carboxylic acids is 1. The van der Waals surface area contributed by atoms with Crippen molar-refractivity contribution in [3.05, 3.63) is 11.9 Å². The van der Waals surface area contributed by atoms with E-state index >= 15 is 0 Å². The molecule has 106 valence electrons. The Hall–Kier alpha value is -1.43. The van der Waals surface area contributed by atoms with Gasteiger partial charge < -0.3 is 10.6 Å². The molecule has 1 aromatic rings. The third kappa shape index (κ3) is 3.12. The van der Waals surface area contributed by atoms with Gasteiger partial charge in [0, 0.05) is 19.6 Å². The summed E-state index contributed by atoms with van der Waals surface area (Å²) in [6, 6.07) is 0.334. The van der Waals surface area contributed by atoms with Gasteiger partial charge in [0.05, 0.1) is 12.2 Å². The summed E-state index contributed by atoms with van der Waals surface area (Å²) in [5.41, 5.74) is 0.468. The van der Waals surface area contributed by atoms with Crippen molar-refractivity contribution in [2.75, 3.05) is 19.6 Å². The summed E-state index contributed by atoms with van der Waals surface area (Å²) in [6.45, 7) is 11.0. The van der Waals surface area contributed by atoms with Gasteiger partial charge in [-0.05, 0) is 11.3 Å². The summed E-state index contributed by atoms with van der Waals surface area (Å²) >= 11 is 0. The molecule has 1 aliphatic heterocycles. The fourth-order valence-corrected chi connectivity index (χ4v) is 1.62. The topological polar surface area (TPSA) is 71.8 Å². The quantitative estimate of drug-likeness (QED) is 0.827. The highest BCUT2D eigenvalue weighted by atomic mass is 16.2. The molecule has 0 atom stereocenters. The summed E-state index contributed by atoms with van der Waals surface area (Å²) in [5.74, 6) is 0.358. The molecule has 0 spiro atoms. The summed E-state index contributed by atoms with van der Waals surface area (Å²) in [4.78, 5) is 12.0. The van der Waals surface area contributed by atoms with Crippen LogP contribution >= 0.6 is 0 Å². The number of hydrogen-bond donors (Lipinski definition) is 2. The van der Waals surface area contributed by atoms with Gasteiger partial charge in [-0.3, -0.25) is 4.79 Å². The summed E-state index contributed by atoms with van der Waals surface area (Å²) in [6.07, 6.45) is 1.73. The van der Waals surface area contributed by atoms with E-state index in [0.29, 0.717) is 24.2 Å². The monoisotopic (exact) mass is 265 g/mol. The third-order valence-corrected chi connectivity index (χ3v) is 4.14. The average Bonchev–Trinajstić information content (AvgIpc) is 2.72. The minimum absolute atomic E-state index is 0.0730. The Bertz CT molecular complexity index is 448. The van der Waals surface area contributed by atoms with Crippen molar-refractivity contribution in [2.45, 2.75) is 33.7 Å². The van der Waals surface area contributed by atoms with E-state index in [1.165, 1.54) is 0 Å². The number of rotatable bonds is 5. The van der Waals surface area contributed by atoms with Gasteiger partial charge in [-0.25, -0.2) is 4.68 Å². The smallest absolute Gasteiger partial charge is 0.273 e. The van der Waals surface area contributed by atoms with E-state index in [1.807, 2.05) is 0 Å². The summed E-state index contributed by atoms with van der Waals surface area (Å²) in [5, 5.41) is 14.0. The number of nitrogens with zero attached hydrogens (tertiary/aromatic N) is 3. The molecule has 1 aromatic heterocycles. The predicted molar refractivity (Wildman–Crippen MR) is 72.9 cm³/mol. The van der Waals surface area contributed by atoms with Crippen molar-refractivity contribution >= 4 is 5.91 Å². The Morgan fingerprint density at radius 2 is 2.26 bits per heavy atom. The van der Waals surface area contributed by atoms with E-state index in [4.69, 9.17) is 0 Å². The van der Waals surface area contributed by atoms with Crippen LogP contribution in [0.1, 0.15) is 44.2 Å². The molecule has 2 rings (SSSR count). The van der Waals surface area contributed by atoms with Gasteiger partial charge in [-0.1, -0.05) is 32.9 Å². The number of nitrogens with one attached hydrogen (secondary N) is 2. The van der Waals surface area contributed by atoms with Gasteiger partial charge in [-0.15, -0.1) is 5.10 Å². The highest BCUT2D eigenvalue weighted by Crippen LogP contribution is 2.24. The highest BCUT2D eigenvalue weighted by Gasteiger charge is 2.25. The normalized spacial score (nSPS) is 16.5. The SMILES string of the molecule is CC(C)C(C)(C)CNC(=O)c1cn(C2CNC2)nn1. The Kier molecular flexibility index (Phi) is 3.89. The molecule has 1 fully saturated rings. The zero-order chi connectivity index (χ0) is 14.0. The molecule has 0 aliphatic carbocycles. The van der Waals surface area contributed by atoms with Crippen LogP contribution in [-0.2, 0) is 0 Å². The maximum atomic E-state index is 12.0. The Morgan fingerprint density at radius 3 is 2.79 bits per heavy atom. The molecule has 0 saturated carbocycles. The second-order valence-electron chi connectivity index (χ2n) is 6.22. The first-order valence-corrected chi connectivity index (χ1v) is 6.81. The standard InChI is InChI=1S/C13H23N5O/c1-9(2)13(3,4)8-15-12(19)11-7-18(17-16-11)10-5-14-6-10/h7,9-10,14H,5-6,8H2,1-4H3,(H,15,19). The maximum absolute atomic E-state index is 12.0. The van der Waals surface area contributed by atoms with E-state index in [1.54, 1.807) is 10.9 Å². The van der Waals surface area contributed by atoms with Crippen molar-refractivity contribution in [2.24, 2.45) is 11.3 Å². The molecule has 1 amide bonds. The molecule has 1 aliphatic rings. The lowest BCUT2D eigenvalue weighted by atomic mass is 9.81. The fourth-order valence-electron chi connectivity index (χ4n) is 1.62. The van der Waals surface area contributed by atoms with Gasteiger partial charge >= 0.3 is 0 Å². The number of amides is 1. The maximum Gasteiger partial charge on any atom is 0.273 e. The largest absolute Gasteiger partial charge is 0.350 e. The predicted octanol–water partition coefficient (Wildman–Crippen LogP) is 0.834. The second-order valence-corrected chi connectivity index (χ2v) is 6.22. The molecule has 2 heterocycles. The van der Waals surface area contributed by atoms with E-state index in [9.17, 15) is 4.79 Å². The van der Waals surface area contributed by atoms with Crippen LogP contribution < -0.4 is 10.6 Å². The minimum atomic E-state index is -0.146.